The Morgan fingerprint density at radius 2 is 1.85 bits per heavy atom. The molecule has 0 aliphatic heterocycles. The van der Waals surface area contributed by atoms with Crippen molar-refractivity contribution in [3.05, 3.63) is 53.3 Å². The molecule has 0 unspecified atom stereocenters. The molecule has 0 fully saturated rings. The fourth-order valence-electron chi connectivity index (χ4n) is 2.90. The van der Waals surface area contributed by atoms with E-state index in [-0.39, 0.29) is 29.6 Å². The number of amides is 1. The molecular weight excluding hydrogens is 497 g/mol. The lowest BCUT2D eigenvalue weighted by Crippen LogP contribution is -2.41. The Morgan fingerprint density at radius 3 is 2.47 bits per heavy atom. The van der Waals surface area contributed by atoms with Gasteiger partial charge in [-0.05, 0) is 50.6 Å². The first-order valence-electron chi connectivity index (χ1n) is 10.3. The third kappa shape index (κ3) is 8.33. The average molecular weight is 523 g/mol. The van der Waals surface area contributed by atoms with Crippen molar-refractivity contribution in [3.8, 4) is 5.75 Å². The number of hydrogen-bond donors (Lipinski definition) is 2. The van der Waals surface area contributed by atoms with E-state index in [9.17, 15) is 26.4 Å². The molecule has 34 heavy (non-hydrogen) atoms. The molecule has 0 radical (unpaired) electrons. The Hall–Kier alpha value is -2.57. The molecule has 2 aromatic rings. The maximum atomic E-state index is 13.0. The van der Waals surface area contributed by atoms with Gasteiger partial charge in [-0.25, -0.2) is 13.1 Å². The summed E-state index contributed by atoms with van der Waals surface area (Å²) in [6, 6.07) is 7.89. The molecular formula is C21H26ClF3N4O4S. The number of aromatic nitrogens is 1. The maximum Gasteiger partial charge on any atom is 0.511 e. The van der Waals surface area contributed by atoms with Gasteiger partial charge in [0.2, 0.25) is 0 Å². The van der Waals surface area contributed by atoms with Gasteiger partial charge in [-0.2, -0.15) is 13.2 Å². The van der Waals surface area contributed by atoms with Gasteiger partial charge in [-0.3, -0.25) is 9.78 Å². The molecule has 0 aliphatic rings. The van der Waals surface area contributed by atoms with Gasteiger partial charge in [0.15, 0.2) is 0 Å². The number of alkyl halides is 3. The summed E-state index contributed by atoms with van der Waals surface area (Å²) in [7, 11) is -5.42. The van der Waals surface area contributed by atoms with E-state index in [2.05, 4.69) is 10.3 Å². The smallest absolute Gasteiger partial charge is 0.492 e. The monoisotopic (exact) mass is 522 g/mol. The van der Waals surface area contributed by atoms with E-state index >= 15 is 0 Å². The highest BCUT2D eigenvalue weighted by Gasteiger charge is 2.45. The molecule has 0 saturated heterocycles. The van der Waals surface area contributed by atoms with Crippen LogP contribution in [-0.2, 0) is 10.0 Å². The van der Waals surface area contributed by atoms with Crippen molar-refractivity contribution in [3.63, 3.8) is 0 Å². The van der Waals surface area contributed by atoms with Gasteiger partial charge in [0.1, 0.15) is 12.4 Å². The van der Waals surface area contributed by atoms with Crippen LogP contribution in [0, 0.1) is 0 Å². The van der Waals surface area contributed by atoms with Crippen molar-refractivity contribution in [2.45, 2.75) is 31.8 Å². The summed E-state index contributed by atoms with van der Waals surface area (Å²) in [5, 5.41) is 3.44. The molecule has 1 aromatic heterocycles. The summed E-state index contributed by atoms with van der Waals surface area (Å²) in [6.07, 6.45) is 3.30. The second kappa shape index (κ2) is 12.2. The zero-order valence-electron chi connectivity index (χ0n) is 18.6. The summed E-state index contributed by atoms with van der Waals surface area (Å²) >= 11 is 6.15. The molecule has 188 valence electrons. The number of anilines is 1. The molecule has 13 heteroatoms. The Labute approximate surface area is 201 Å². The van der Waals surface area contributed by atoms with Crippen LogP contribution in [0.25, 0.3) is 0 Å². The first kappa shape index (κ1) is 27.7. The number of carbonyl (C=O) groups is 1. The van der Waals surface area contributed by atoms with Crippen LogP contribution in [0.3, 0.4) is 0 Å². The van der Waals surface area contributed by atoms with Gasteiger partial charge in [0, 0.05) is 54.3 Å². The number of benzene rings is 1. The molecule has 0 atom stereocenters. The molecule has 8 nitrogen and oxygen atoms in total. The first-order chi connectivity index (χ1) is 15.9. The zero-order valence-corrected chi connectivity index (χ0v) is 20.2. The fraction of sp³-hybridized carbons (Fsp3) is 0.429. The Balaban J connectivity index is 1.96. The van der Waals surface area contributed by atoms with Crippen molar-refractivity contribution in [2.24, 2.45) is 0 Å². The SMILES string of the molecule is CC(C)N(CCCNS(=O)(=O)C(F)(F)F)C(=O)c1cc(Cl)cc(OCCNc2ccncc2)c1. The first-order valence-corrected chi connectivity index (χ1v) is 12.2. The number of carbonyl (C=O) groups excluding carboxylic acids is 1. The Kier molecular flexibility index (Phi) is 9.95. The van der Waals surface area contributed by atoms with Crippen LogP contribution in [0.15, 0.2) is 42.7 Å². The predicted octanol–water partition coefficient (Wildman–Crippen LogP) is 3.91. The quantitative estimate of drug-likeness (QED) is 0.410. The van der Waals surface area contributed by atoms with E-state index in [4.69, 9.17) is 16.3 Å². The van der Waals surface area contributed by atoms with Crippen molar-refractivity contribution in [2.75, 3.05) is 31.6 Å². The molecule has 0 aliphatic carbocycles. The van der Waals surface area contributed by atoms with E-state index < -0.39 is 28.0 Å². The van der Waals surface area contributed by atoms with E-state index in [1.54, 1.807) is 32.3 Å². The Bertz CT molecular complexity index is 1050. The minimum Gasteiger partial charge on any atom is -0.492 e. The number of hydrogen-bond acceptors (Lipinski definition) is 6. The summed E-state index contributed by atoms with van der Waals surface area (Å²) in [5.41, 5.74) is -4.26. The van der Waals surface area contributed by atoms with E-state index in [0.29, 0.717) is 18.9 Å². The topological polar surface area (TPSA) is 101 Å². The van der Waals surface area contributed by atoms with Gasteiger partial charge in [0.05, 0.1) is 0 Å². The Morgan fingerprint density at radius 1 is 1.18 bits per heavy atom. The lowest BCUT2D eigenvalue weighted by atomic mass is 10.1. The molecule has 0 saturated carbocycles. The lowest BCUT2D eigenvalue weighted by Gasteiger charge is -2.27. The van der Waals surface area contributed by atoms with Crippen molar-refractivity contribution >= 4 is 33.2 Å². The number of halogens is 4. The second-order valence-corrected chi connectivity index (χ2v) is 9.67. The van der Waals surface area contributed by atoms with Gasteiger partial charge in [-0.15, -0.1) is 0 Å². The van der Waals surface area contributed by atoms with Gasteiger partial charge >= 0.3 is 15.5 Å². The molecule has 1 amide bonds. The van der Waals surface area contributed by atoms with Crippen LogP contribution in [0.2, 0.25) is 5.02 Å². The standard InChI is InChI=1S/C21H26ClF3N4O4S/c1-15(2)29(10-3-6-28-34(31,32)21(23,24)25)20(30)16-12-17(22)14-19(13-16)33-11-9-27-18-4-7-26-8-5-18/h4-5,7-8,12-15,28H,3,6,9-11H2,1-2H3,(H,26,27). The number of ether oxygens (including phenoxy) is 1. The molecule has 0 bridgehead atoms. The molecule has 1 heterocycles. The maximum absolute atomic E-state index is 13.0. The molecule has 2 rings (SSSR count). The van der Waals surface area contributed by atoms with Crippen molar-refractivity contribution < 1.29 is 31.1 Å². The summed E-state index contributed by atoms with van der Waals surface area (Å²) in [6.45, 7) is 3.84. The third-order valence-corrected chi connectivity index (χ3v) is 5.97. The molecule has 0 spiro atoms. The van der Waals surface area contributed by atoms with Crippen LogP contribution >= 0.6 is 11.6 Å². The molecule has 1 aromatic carbocycles. The van der Waals surface area contributed by atoms with Crippen LogP contribution < -0.4 is 14.8 Å². The number of pyridine rings is 1. The van der Waals surface area contributed by atoms with Crippen molar-refractivity contribution in [1.82, 2.24) is 14.6 Å². The average Bonchev–Trinajstić information content (AvgIpc) is 2.75. The normalized spacial score (nSPS) is 12.0. The minimum absolute atomic E-state index is 0.0101. The number of nitrogens with one attached hydrogen (secondary N) is 2. The highest BCUT2D eigenvalue weighted by atomic mass is 35.5. The lowest BCUT2D eigenvalue weighted by molar-refractivity contribution is -0.0447. The van der Waals surface area contributed by atoms with Gasteiger partial charge in [-0.1, -0.05) is 11.6 Å². The third-order valence-electron chi connectivity index (χ3n) is 4.56. The highest BCUT2D eigenvalue weighted by molar-refractivity contribution is 7.90. The van der Waals surface area contributed by atoms with Crippen LogP contribution in [-0.4, -0.2) is 62.0 Å². The van der Waals surface area contributed by atoms with Gasteiger partial charge < -0.3 is 15.0 Å². The number of sulfonamides is 1. The van der Waals surface area contributed by atoms with E-state index in [1.165, 1.54) is 21.8 Å². The largest absolute Gasteiger partial charge is 0.511 e. The second-order valence-electron chi connectivity index (χ2n) is 7.48. The summed E-state index contributed by atoms with van der Waals surface area (Å²) < 4.78 is 66.6. The van der Waals surface area contributed by atoms with Crippen LogP contribution in [0.4, 0.5) is 18.9 Å². The van der Waals surface area contributed by atoms with Gasteiger partial charge in [0.25, 0.3) is 5.91 Å². The van der Waals surface area contributed by atoms with Crippen molar-refractivity contribution in [1.29, 1.82) is 0 Å². The number of rotatable bonds is 12. The van der Waals surface area contributed by atoms with Crippen LogP contribution in [0.5, 0.6) is 5.75 Å². The zero-order chi connectivity index (χ0) is 25.4. The minimum atomic E-state index is -5.42. The summed E-state index contributed by atoms with van der Waals surface area (Å²) in [5.74, 6) is -0.0232. The fourth-order valence-corrected chi connectivity index (χ4v) is 3.70. The summed E-state index contributed by atoms with van der Waals surface area (Å²) in [4.78, 5) is 18.4. The van der Waals surface area contributed by atoms with Crippen LogP contribution in [0.1, 0.15) is 30.6 Å². The predicted molar refractivity (Wildman–Crippen MR) is 123 cm³/mol. The van der Waals surface area contributed by atoms with E-state index in [1.807, 2.05) is 12.1 Å². The highest BCUT2D eigenvalue weighted by Crippen LogP contribution is 2.24. The number of nitrogens with zero attached hydrogens (tertiary/aromatic N) is 2. The molecule has 2 N–H and O–H groups in total. The van der Waals surface area contributed by atoms with E-state index in [0.717, 1.165) is 5.69 Å².